The van der Waals surface area contributed by atoms with Crippen LogP contribution in [0.2, 0.25) is 0 Å². The van der Waals surface area contributed by atoms with Gasteiger partial charge in [0, 0.05) is 25.7 Å². The highest BCUT2D eigenvalue weighted by Crippen LogP contribution is 2.34. The Morgan fingerprint density at radius 3 is 2.28 bits per heavy atom. The van der Waals surface area contributed by atoms with Gasteiger partial charge in [-0.1, -0.05) is 25.4 Å². The maximum Gasteiger partial charge on any atom is 0.303 e. The molecule has 1 fully saturated rings. The molecule has 0 amide bonds. The molecule has 1 heterocycles. The Morgan fingerprint density at radius 2 is 1.78 bits per heavy atom. The first-order valence-corrected chi connectivity index (χ1v) is 6.36. The minimum Gasteiger partial charge on any atom is -0.463 e. The van der Waals surface area contributed by atoms with Crippen molar-refractivity contribution < 1.29 is 23.8 Å². The van der Waals surface area contributed by atoms with E-state index >= 15 is 0 Å². The zero-order valence-corrected chi connectivity index (χ0v) is 11.8. The summed E-state index contributed by atoms with van der Waals surface area (Å²) in [7, 11) is 0. The molecular formula is C12H19ClO5. The van der Waals surface area contributed by atoms with Crippen LogP contribution in [0.5, 0.6) is 0 Å². The number of halogens is 1. The van der Waals surface area contributed by atoms with Gasteiger partial charge in [0.15, 0.2) is 0 Å². The number of carbonyl (C=O) groups excluding carboxylic acids is 2. The average Bonchev–Trinajstić information content (AvgIpc) is 2.27. The maximum absolute atomic E-state index is 11.1. The van der Waals surface area contributed by atoms with Gasteiger partial charge < -0.3 is 14.2 Å². The highest BCUT2D eigenvalue weighted by Gasteiger charge is 2.43. The first-order valence-electron chi connectivity index (χ1n) is 5.93. The number of hydrogen-bond acceptors (Lipinski definition) is 5. The van der Waals surface area contributed by atoms with Crippen LogP contribution < -0.4 is 0 Å². The lowest BCUT2D eigenvalue weighted by atomic mass is 9.85. The molecule has 0 aromatic heterocycles. The Hall–Kier alpha value is -0.810. The highest BCUT2D eigenvalue weighted by molar-refractivity contribution is 6.19. The van der Waals surface area contributed by atoms with E-state index in [1.165, 1.54) is 13.8 Å². The molecule has 0 saturated carbocycles. The van der Waals surface area contributed by atoms with Crippen molar-refractivity contribution >= 4 is 23.5 Å². The second-order valence-corrected chi connectivity index (χ2v) is 5.05. The third-order valence-electron chi connectivity index (χ3n) is 3.19. The Balaban J connectivity index is 2.75. The van der Waals surface area contributed by atoms with Crippen LogP contribution in [0.15, 0.2) is 0 Å². The molecule has 18 heavy (non-hydrogen) atoms. The summed E-state index contributed by atoms with van der Waals surface area (Å²) in [5.41, 5.74) is -0.479. The molecule has 1 aliphatic rings. The number of esters is 2. The van der Waals surface area contributed by atoms with Crippen LogP contribution in [0.25, 0.3) is 0 Å². The van der Waals surface area contributed by atoms with Crippen molar-refractivity contribution in [1.82, 2.24) is 0 Å². The van der Waals surface area contributed by atoms with Crippen molar-refractivity contribution in [3.05, 3.63) is 0 Å². The molecule has 0 radical (unpaired) electrons. The minimum atomic E-state index is -0.522. The Morgan fingerprint density at radius 1 is 1.17 bits per heavy atom. The summed E-state index contributed by atoms with van der Waals surface area (Å²) in [6.45, 7) is 6.56. The Bertz CT molecular complexity index is 320. The van der Waals surface area contributed by atoms with Gasteiger partial charge in [0.1, 0.15) is 24.4 Å². The van der Waals surface area contributed by atoms with Gasteiger partial charge in [-0.25, -0.2) is 0 Å². The largest absolute Gasteiger partial charge is 0.463 e. The van der Waals surface area contributed by atoms with E-state index in [1.54, 1.807) is 0 Å². The summed E-state index contributed by atoms with van der Waals surface area (Å²) in [5, 5.41) is 0. The number of alkyl halides is 1. The monoisotopic (exact) mass is 278 g/mol. The smallest absolute Gasteiger partial charge is 0.303 e. The molecule has 1 aliphatic heterocycles. The van der Waals surface area contributed by atoms with Crippen molar-refractivity contribution in [3.63, 3.8) is 0 Å². The second-order valence-electron chi connectivity index (χ2n) is 4.62. The summed E-state index contributed by atoms with van der Waals surface area (Å²) in [6.07, 6.45) is -0.974. The van der Waals surface area contributed by atoms with Crippen LogP contribution in [-0.2, 0) is 23.8 Å². The molecule has 5 nitrogen and oxygen atoms in total. The number of carbonyl (C=O) groups is 2. The molecule has 104 valence electrons. The summed E-state index contributed by atoms with van der Waals surface area (Å²) in [4.78, 5) is 21.9. The van der Waals surface area contributed by atoms with Crippen LogP contribution >= 0.6 is 11.6 Å². The van der Waals surface area contributed by atoms with E-state index in [2.05, 4.69) is 0 Å². The predicted octanol–water partition coefficient (Wildman–Crippen LogP) is 1.72. The predicted molar refractivity (Wildman–Crippen MR) is 65.0 cm³/mol. The lowest BCUT2D eigenvalue weighted by Crippen LogP contribution is -2.51. The first-order chi connectivity index (χ1) is 8.32. The Kier molecular flexibility index (Phi) is 5.41. The molecule has 0 bridgehead atoms. The summed E-state index contributed by atoms with van der Waals surface area (Å²) < 4.78 is 15.7. The molecule has 0 aromatic carbocycles. The number of rotatable bonds is 3. The van der Waals surface area contributed by atoms with Gasteiger partial charge in [0.05, 0.1) is 0 Å². The fourth-order valence-corrected chi connectivity index (χ4v) is 2.31. The number of ether oxygens (including phenoxy) is 3. The van der Waals surface area contributed by atoms with Crippen LogP contribution in [0.4, 0.5) is 0 Å². The standard InChI is InChI=1S/C12H19ClO5/c1-6-7(2)12(13)18-10(5-16-8(3)14)11(6)17-9(4)15/h6-7,10-12H,5H2,1-4H3/t6-,7?,10?,11-,12+/m1/s1. The van der Waals surface area contributed by atoms with Gasteiger partial charge in [0.25, 0.3) is 0 Å². The van der Waals surface area contributed by atoms with Crippen molar-refractivity contribution in [3.8, 4) is 0 Å². The fourth-order valence-electron chi connectivity index (χ4n) is 1.95. The maximum atomic E-state index is 11.1. The van der Waals surface area contributed by atoms with E-state index in [-0.39, 0.29) is 24.4 Å². The first kappa shape index (κ1) is 15.2. The van der Waals surface area contributed by atoms with E-state index < -0.39 is 23.7 Å². The van der Waals surface area contributed by atoms with Crippen LogP contribution in [0.3, 0.4) is 0 Å². The minimum absolute atomic E-state index is 0.0331. The van der Waals surface area contributed by atoms with Gasteiger partial charge in [-0.3, -0.25) is 9.59 Å². The third kappa shape index (κ3) is 3.85. The molecule has 0 spiro atoms. The summed E-state index contributed by atoms with van der Waals surface area (Å²) >= 11 is 6.07. The lowest BCUT2D eigenvalue weighted by Gasteiger charge is -2.41. The van der Waals surface area contributed by atoms with Gasteiger partial charge in [-0.05, 0) is 0 Å². The molecule has 1 saturated heterocycles. The molecule has 0 N–H and O–H groups in total. The molecular weight excluding hydrogens is 260 g/mol. The van der Waals surface area contributed by atoms with Crippen molar-refractivity contribution in [1.29, 1.82) is 0 Å². The van der Waals surface area contributed by atoms with Crippen LogP contribution in [-0.4, -0.2) is 36.3 Å². The molecule has 0 aromatic rings. The SMILES string of the molecule is CC(=O)OCC1O[C@H](Cl)C(C)[C@@H](C)[C@H]1OC(C)=O. The van der Waals surface area contributed by atoms with E-state index in [0.717, 1.165) is 0 Å². The Labute approximate surface area is 112 Å². The molecule has 1 rings (SSSR count). The second kappa shape index (κ2) is 6.38. The van der Waals surface area contributed by atoms with Gasteiger partial charge in [-0.15, -0.1) is 0 Å². The number of hydrogen-bond donors (Lipinski definition) is 0. The van der Waals surface area contributed by atoms with Crippen molar-refractivity contribution in [2.24, 2.45) is 11.8 Å². The normalized spacial score (nSPS) is 35.9. The summed E-state index contributed by atoms with van der Waals surface area (Å²) in [5.74, 6) is -0.712. The molecule has 0 aliphatic carbocycles. The quantitative estimate of drug-likeness (QED) is 0.581. The van der Waals surface area contributed by atoms with E-state index in [9.17, 15) is 9.59 Å². The fraction of sp³-hybridized carbons (Fsp3) is 0.833. The lowest BCUT2D eigenvalue weighted by molar-refractivity contribution is -0.192. The zero-order chi connectivity index (χ0) is 13.9. The van der Waals surface area contributed by atoms with Gasteiger partial charge >= 0.3 is 11.9 Å². The van der Waals surface area contributed by atoms with Crippen LogP contribution in [0.1, 0.15) is 27.7 Å². The van der Waals surface area contributed by atoms with E-state index in [1.807, 2.05) is 13.8 Å². The zero-order valence-electron chi connectivity index (χ0n) is 11.0. The van der Waals surface area contributed by atoms with Crippen LogP contribution in [0, 0.1) is 11.8 Å². The topological polar surface area (TPSA) is 61.8 Å². The highest BCUT2D eigenvalue weighted by atomic mass is 35.5. The van der Waals surface area contributed by atoms with E-state index in [0.29, 0.717) is 0 Å². The van der Waals surface area contributed by atoms with Crippen molar-refractivity contribution in [2.45, 2.75) is 45.5 Å². The molecule has 2 unspecified atom stereocenters. The van der Waals surface area contributed by atoms with Gasteiger partial charge in [0.2, 0.25) is 0 Å². The molecule has 5 atom stereocenters. The third-order valence-corrected chi connectivity index (χ3v) is 3.69. The van der Waals surface area contributed by atoms with E-state index in [4.69, 9.17) is 25.8 Å². The molecule has 6 heteroatoms. The summed E-state index contributed by atoms with van der Waals surface area (Å²) in [6, 6.07) is 0. The average molecular weight is 279 g/mol. The van der Waals surface area contributed by atoms with Crippen molar-refractivity contribution in [2.75, 3.05) is 6.61 Å². The van der Waals surface area contributed by atoms with Gasteiger partial charge in [-0.2, -0.15) is 0 Å².